The third-order valence-electron chi connectivity index (χ3n) is 5.45. The van der Waals surface area contributed by atoms with Gasteiger partial charge in [-0.25, -0.2) is 9.79 Å². The van der Waals surface area contributed by atoms with Gasteiger partial charge in [-0.1, -0.05) is 35.9 Å². The molecule has 0 N–H and O–H groups in total. The maximum absolute atomic E-state index is 12.4. The Labute approximate surface area is 203 Å². The van der Waals surface area contributed by atoms with Crippen LogP contribution in [0.4, 0.5) is 0 Å². The number of nitrogens with zero attached hydrogens (tertiary/aromatic N) is 1. The van der Waals surface area contributed by atoms with E-state index in [1.807, 2.05) is 31.2 Å². The van der Waals surface area contributed by atoms with E-state index in [9.17, 15) is 9.59 Å². The van der Waals surface area contributed by atoms with E-state index in [-0.39, 0.29) is 24.0 Å². The zero-order valence-electron chi connectivity index (χ0n) is 20.0. The third kappa shape index (κ3) is 5.41. The van der Waals surface area contributed by atoms with Crippen LogP contribution in [-0.2, 0) is 16.1 Å². The average Bonchev–Trinajstić information content (AvgIpc) is 3.22. The Bertz CT molecular complexity index is 1360. The monoisotopic (exact) mass is 471 g/mol. The fourth-order valence-corrected chi connectivity index (χ4v) is 3.60. The smallest absolute Gasteiger partial charge is 0.363 e. The van der Waals surface area contributed by atoms with Crippen molar-refractivity contribution < 1.29 is 28.5 Å². The second-order valence-corrected chi connectivity index (χ2v) is 7.99. The lowest BCUT2D eigenvalue weighted by molar-refractivity contribution is -0.129. The van der Waals surface area contributed by atoms with Gasteiger partial charge in [-0.3, -0.25) is 4.79 Å². The standard InChI is InChI=1S/C28H25NO6/c1-17-6-5-7-21(12-17)27-29-23(28(31)35-27)13-19-8-11-24(26(14-19)33-4)34-16-22-10-9-20(18(2)30)15-25(22)32-3/h5-15H,16H2,1-4H3. The van der Waals surface area contributed by atoms with E-state index in [0.29, 0.717) is 28.4 Å². The van der Waals surface area contributed by atoms with Gasteiger partial charge in [0.2, 0.25) is 5.90 Å². The number of rotatable bonds is 8. The second-order valence-electron chi connectivity index (χ2n) is 7.99. The molecule has 1 heterocycles. The number of ether oxygens (including phenoxy) is 4. The Morgan fingerprint density at radius 1 is 0.971 bits per heavy atom. The van der Waals surface area contributed by atoms with Crippen LogP contribution in [0.3, 0.4) is 0 Å². The molecule has 7 heteroatoms. The van der Waals surface area contributed by atoms with Gasteiger partial charge in [0.05, 0.1) is 14.2 Å². The molecular formula is C28H25NO6. The first kappa shape index (κ1) is 23.8. The van der Waals surface area contributed by atoms with Crippen molar-refractivity contribution in [3.8, 4) is 17.2 Å². The molecule has 0 fully saturated rings. The molecule has 0 atom stereocenters. The summed E-state index contributed by atoms with van der Waals surface area (Å²) in [5.74, 6) is 1.31. The van der Waals surface area contributed by atoms with Crippen LogP contribution >= 0.6 is 0 Å². The SMILES string of the molecule is COc1cc(C(C)=O)ccc1COc1ccc(C=C2N=C(c3cccc(C)c3)OC2=O)cc1OC. The molecule has 0 radical (unpaired) electrons. The van der Waals surface area contributed by atoms with Gasteiger partial charge in [0.25, 0.3) is 0 Å². The van der Waals surface area contributed by atoms with Gasteiger partial charge in [-0.2, -0.15) is 0 Å². The number of aliphatic imine (C=N–C) groups is 1. The average molecular weight is 472 g/mol. The number of cyclic esters (lactones) is 1. The summed E-state index contributed by atoms with van der Waals surface area (Å²) in [6.07, 6.45) is 1.64. The van der Waals surface area contributed by atoms with Crippen molar-refractivity contribution >= 4 is 23.7 Å². The molecule has 0 saturated carbocycles. The van der Waals surface area contributed by atoms with Crippen LogP contribution in [0, 0.1) is 6.92 Å². The molecule has 4 rings (SSSR count). The van der Waals surface area contributed by atoms with Crippen LogP contribution in [0.5, 0.6) is 17.2 Å². The van der Waals surface area contributed by atoms with E-state index >= 15 is 0 Å². The first-order chi connectivity index (χ1) is 16.9. The van der Waals surface area contributed by atoms with Crippen LogP contribution in [-0.4, -0.2) is 31.9 Å². The number of ketones is 1. The summed E-state index contributed by atoms with van der Waals surface area (Å²) in [5, 5.41) is 0. The zero-order valence-corrected chi connectivity index (χ0v) is 20.0. The van der Waals surface area contributed by atoms with E-state index in [2.05, 4.69) is 4.99 Å². The number of Topliss-reactive ketones (excluding diaryl/α,β-unsaturated/α-hetero) is 1. The number of methoxy groups -OCH3 is 2. The highest BCUT2D eigenvalue weighted by Gasteiger charge is 2.24. The first-order valence-corrected chi connectivity index (χ1v) is 11.0. The summed E-state index contributed by atoms with van der Waals surface area (Å²) in [4.78, 5) is 28.3. The van der Waals surface area contributed by atoms with Gasteiger partial charge in [0.1, 0.15) is 12.4 Å². The normalized spacial score (nSPS) is 13.9. The quantitative estimate of drug-likeness (QED) is 0.257. The number of hydrogen-bond acceptors (Lipinski definition) is 7. The predicted molar refractivity (Wildman–Crippen MR) is 132 cm³/mol. The molecule has 3 aromatic carbocycles. The lowest BCUT2D eigenvalue weighted by Gasteiger charge is -2.14. The minimum absolute atomic E-state index is 0.0383. The van der Waals surface area contributed by atoms with Gasteiger partial charge < -0.3 is 18.9 Å². The fourth-order valence-electron chi connectivity index (χ4n) is 3.60. The van der Waals surface area contributed by atoms with Crippen molar-refractivity contribution in [2.45, 2.75) is 20.5 Å². The zero-order chi connectivity index (χ0) is 24.9. The minimum Gasteiger partial charge on any atom is -0.496 e. The molecule has 0 unspecified atom stereocenters. The summed E-state index contributed by atoms with van der Waals surface area (Å²) in [7, 11) is 3.09. The van der Waals surface area contributed by atoms with Crippen LogP contribution in [0.2, 0.25) is 0 Å². The third-order valence-corrected chi connectivity index (χ3v) is 5.45. The summed E-state index contributed by atoms with van der Waals surface area (Å²) in [6.45, 7) is 3.69. The topological polar surface area (TPSA) is 83.4 Å². The number of esters is 1. The molecule has 0 spiro atoms. The van der Waals surface area contributed by atoms with E-state index < -0.39 is 5.97 Å². The number of carbonyl (C=O) groups excluding carboxylic acids is 2. The molecule has 7 nitrogen and oxygen atoms in total. The molecule has 0 aliphatic carbocycles. The summed E-state index contributed by atoms with van der Waals surface area (Å²) in [6, 6.07) is 18.2. The maximum Gasteiger partial charge on any atom is 0.363 e. The van der Waals surface area contributed by atoms with Gasteiger partial charge in [0, 0.05) is 16.7 Å². The highest BCUT2D eigenvalue weighted by molar-refractivity contribution is 6.12. The van der Waals surface area contributed by atoms with Crippen LogP contribution < -0.4 is 14.2 Å². The minimum atomic E-state index is -0.512. The molecule has 0 aromatic heterocycles. The van der Waals surface area contributed by atoms with Crippen molar-refractivity contribution in [3.63, 3.8) is 0 Å². The Kier molecular flexibility index (Phi) is 6.96. The van der Waals surface area contributed by atoms with E-state index in [4.69, 9.17) is 18.9 Å². The van der Waals surface area contributed by atoms with Gasteiger partial charge >= 0.3 is 5.97 Å². The molecule has 1 aliphatic heterocycles. The molecule has 1 aliphatic rings. The number of carbonyl (C=O) groups is 2. The number of aryl methyl sites for hydroxylation is 1. The van der Waals surface area contributed by atoms with E-state index in [1.165, 1.54) is 6.92 Å². The lowest BCUT2D eigenvalue weighted by Crippen LogP contribution is -2.05. The van der Waals surface area contributed by atoms with Crippen molar-refractivity contribution in [2.75, 3.05) is 14.2 Å². The van der Waals surface area contributed by atoms with Gasteiger partial charge in [-0.15, -0.1) is 0 Å². The van der Waals surface area contributed by atoms with E-state index in [1.54, 1.807) is 56.7 Å². The van der Waals surface area contributed by atoms with E-state index in [0.717, 1.165) is 16.7 Å². The van der Waals surface area contributed by atoms with Crippen molar-refractivity contribution in [3.05, 3.63) is 94.2 Å². The molecule has 178 valence electrons. The summed E-state index contributed by atoms with van der Waals surface area (Å²) >= 11 is 0. The highest BCUT2D eigenvalue weighted by atomic mass is 16.6. The van der Waals surface area contributed by atoms with Crippen molar-refractivity contribution in [1.82, 2.24) is 0 Å². The molecule has 0 saturated heterocycles. The van der Waals surface area contributed by atoms with Crippen molar-refractivity contribution in [2.24, 2.45) is 4.99 Å². The second kappa shape index (κ2) is 10.3. The predicted octanol–water partition coefficient (Wildman–Crippen LogP) is 5.14. The fraction of sp³-hybridized carbons (Fsp3) is 0.179. The number of benzene rings is 3. The summed E-state index contributed by atoms with van der Waals surface area (Å²) < 4.78 is 22.2. The molecule has 3 aromatic rings. The molecule has 0 amide bonds. The van der Waals surface area contributed by atoms with Crippen LogP contribution in [0.15, 0.2) is 71.4 Å². The van der Waals surface area contributed by atoms with Crippen molar-refractivity contribution in [1.29, 1.82) is 0 Å². The molecule has 0 bridgehead atoms. The Morgan fingerprint density at radius 2 is 1.77 bits per heavy atom. The van der Waals surface area contributed by atoms with Gasteiger partial charge in [0.15, 0.2) is 23.0 Å². The number of hydrogen-bond donors (Lipinski definition) is 0. The van der Waals surface area contributed by atoms with Crippen LogP contribution in [0.1, 0.15) is 39.5 Å². The Morgan fingerprint density at radius 3 is 2.49 bits per heavy atom. The molecular weight excluding hydrogens is 446 g/mol. The lowest BCUT2D eigenvalue weighted by atomic mass is 10.1. The molecule has 35 heavy (non-hydrogen) atoms. The van der Waals surface area contributed by atoms with Crippen LogP contribution in [0.25, 0.3) is 6.08 Å². The maximum atomic E-state index is 12.4. The summed E-state index contributed by atoms with van der Waals surface area (Å²) in [5.41, 5.74) is 4.06. The largest absolute Gasteiger partial charge is 0.496 e. The highest BCUT2D eigenvalue weighted by Crippen LogP contribution is 2.31. The first-order valence-electron chi connectivity index (χ1n) is 11.0. The Balaban J connectivity index is 1.53. The van der Waals surface area contributed by atoms with Gasteiger partial charge in [-0.05, 0) is 55.8 Å². The Hall–Kier alpha value is -4.39.